The molecule has 1 nitrogen and oxygen atoms in total. The maximum Gasteiger partial charge on any atom is 0.0994 e. The molecule has 0 saturated heterocycles. The minimum absolute atomic E-state index is 0.831. The zero-order valence-electron chi connectivity index (χ0n) is 12.5. The summed E-state index contributed by atoms with van der Waals surface area (Å²) in [6.07, 6.45) is 12.0. The topological polar surface area (TPSA) is 23.8 Å². The second-order valence-corrected chi connectivity index (χ2v) is 5.43. The summed E-state index contributed by atoms with van der Waals surface area (Å²) in [5, 5.41) is 9.01. The van der Waals surface area contributed by atoms with Gasteiger partial charge in [-0.3, -0.25) is 0 Å². The molecule has 0 unspecified atom stereocenters. The number of rotatable bonds is 9. The first-order valence-corrected chi connectivity index (χ1v) is 7.78. The van der Waals surface area contributed by atoms with Crippen molar-refractivity contribution in [3.63, 3.8) is 0 Å². The Morgan fingerprint density at radius 1 is 0.947 bits per heavy atom. The fourth-order valence-corrected chi connectivity index (χ4v) is 2.52. The number of unbranched alkanes of at least 4 members (excludes halogenated alkanes) is 7. The fraction of sp³-hybridized carbons (Fsp3) is 0.611. The molecular formula is C18H27N. The molecule has 0 saturated carbocycles. The van der Waals surface area contributed by atoms with Gasteiger partial charge in [0.25, 0.3) is 0 Å². The van der Waals surface area contributed by atoms with E-state index >= 15 is 0 Å². The average molecular weight is 257 g/mol. The molecule has 0 aliphatic carbocycles. The Balaban J connectivity index is 2.18. The summed E-state index contributed by atoms with van der Waals surface area (Å²) < 4.78 is 0. The Hall–Kier alpha value is -1.29. The summed E-state index contributed by atoms with van der Waals surface area (Å²) in [5.74, 6) is 0. The lowest BCUT2D eigenvalue weighted by Crippen LogP contribution is -1.93. The highest BCUT2D eigenvalue weighted by molar-refractivity contribution is 5.41. The molecule has 0 amide bonds. The zero-order chi connectivity index (χ0) is 13.9. The van der Waals surface area contributed by atoms with E-state index in [2.05, 4.69) is 26.0 Å². The molecule has 0 aliphatic heterocycles. The van der Waals surface area contributed by atoms with Crippen molar-refractivity contribution >= 4 is 0 Å². The summed E-state index contributed by atoms with van der Waals surface area (Å²) in [6, 6.07) is 8.34. The van der Waals surface area contributed by atoms with Gasteiger partial charge in [-0.15, -0.1) is 0 Å². The second-order valence-electron chi connectivity index (χ2n) is 5.43. The van der Waals surface area contributed by atoms with Gasteiger partial charge >= 0.3 is 0 Å². The third kappa shape index (κ3) is 5.92. The van der Waals surface area contributed by atoms with Gasteiger partial charge in [-0.05, 0) is 37.0 Å². The van der Waals surface area contributed by atoms with Crippen LogP contribution < -0.4 is 0 Å². The number of benzene rings is 1. The van der Waals surface area contributed by atoms with Crippen molar-refractivity contribution in [1.82, 2.24) is 0 Å². The number of aryl methyl sites for hydroxylation is 1. The molecule has 0 radical (unpaired) electrons. The first kappa shape index (κ1) is 15.8. The van der Waals surface area contributed by atoms with Crippen LogP contribution >= 0.6 is 0 Å². The predicted molar refractivity (Wildman–Crippen MR) is 82.2 cm³/mol. The van der Waals surface area contributed by atoms with Crippen molar-refractivity contribution in [2.45, 2.75) is 71.6 Å². The summed E-state index contributed by atoms with van der Waals surface area (Å²) in [5.41, 5.74) is 3.36. The third-order valence-corrected chi connectivity index (χ3v) is 3.87. The number of hydrogen-bond acceptors (Lipinski definition) is 1. The van der Waals surface area contributed by atoms with Crippen molar-refractivity contribution in [3.05, 3.63) is 34.9 Å². The standard InChI is InChI=1S/C18H27N/c1-3-4-5-6-7-8-9-10-12-17-13-11-14-18(15-19)16(17)2/h11,13-14H,3-10,12H2,1-2H3. The predicted octanol–water partition coefficient (Wildman–Crippen LogP) is 5.55. The molecule has 0 spiro atoms. The normalized spacial score (nSPS) is 10.4. The largest absolute Gasteiger partial charge is 0.192 e. The van der Waals surface area contributed by atoms with E-state index in [4.69, 9.17) is 5.26 Å². The van der Waals surface area contributed by atoms with Gasteiger partial charge in [-0.2, -0.15) is 5.26 Å². The van der Waals surface area contributed by atoms with Gasteiger partial charge in [0, 0.05) is 0 Å². The lowest BCUT2D eigenvalue weighted by atomic mass is 9.98. The molecule has 0 N–H and O–H groups in total. The van der Waals surface area contributed by atoms with E-state index in [-0.39, 0.29) is 0 Å². The van der Waals surface area contributed by atoms with Gasteiger partial charge < -0.3 is 0 Å². The maximum atomic E-state index is 9.01. The number of hydrogen-bond donors (Lipinski definition) is 0. The van der Waals surface area contributed by atoms with Crippen molar-refractivity contribution in [3.8, 4) is 6.07 Å². The Labute approximate surface area is 118 Å². The lowest BCUT2D eigenvalue weighted by Gasteiger charge is -2.07. The lowest BCUT2D eigenvalue weighted by molar-refractivity contribution is 0.575. The SMILES string of the molecule is CCCCCCCCCCc1cccc(C#N)c1C. The van der Waals surface area contributed by atoms with Crippen LogP contribution in [-0.4, -0.2) is 0 Å². The molecule has 1 rings (SSSR count). The van der Waals surface area contributed by atoms with Crippen LogP contribution in [0.2, 0.25) is 0 Å². The van der Waals surface area contributed by atoms with Crippen LogP contribution in [0.3, 0.4) is 0 Å². The maximum absolute atomic E-state index is 9.01. The highest BCUT2D eigenvalue weighted by Crippen LogP contribution is 2.16. The molecule has 0 aromatic heterocycles. The zero-order valence-corrected chi connectivity index (χ0v) is 12.5. The first-order chi connectivity index (χ1) is 9.29. The van der Waals surface area contributed by atoms with Crippen LogP contribution in [0.15, 0.2) is 18.2 Å². The van der Waals surface area contributed by atoms with Crippen LogP contribution in [0.4, 0.5) is 0 Å². The van der Waals surface area contributed by atoms with E-state index in [1.54, 1.807) is 0 Å². The molecule has 1 aromatic rings. The van der Waals surface area contributed by atoms with Gasteiger partial charge in [-0.1, -0.05) is 64.0 Å². The van der Waals surface area contributed by atoms with E-state index in [1.807, 2.05) is 12.1 Å². The van der Waals surface area contributed by atoms with Crippen molar-refractivity contribution in [2.75, 3.05) is 0 Å². The summed E-state index contributed by atoms with van der Waals surface area (Å²) in [7, 11) is 0. The molecular weight excluding hydrogens is 230 g/mol. The minimum atomic E-state index is 0.831. The number of nitriles is 1. The molecule has 104 valence electrons. The summed E-state index contributed by atoms with van der Waals surface area (Å²) >= 11 is 0. The van der Waals surface area contributed by atoms with Crippen LogP contribution in [0.25, 0.3) is 0 Å². The van der Waals surface area contributed by atoms with Crippen molar-refractivity contribution < 1.29 is 0 Å². The molecule has 19 heavy (non-hydrogen) atoms. The molecule has 1 aromatic carbocycles. The first-order valence-electron chi connectivity index (χ1n) is 7.78. The van der Waals surface area contributed by atoms with E-state index in [0.29, 0.717) is 0 Å². The highest BCUT2D eigenvalue weighted by Gasteiger charge is 2.02. The molecule has 0 heterocycles. The van der Waals surface area contributed by atoms with Crippen LogP contribution in [0, 0.1) is 18.3 Å². The monoisotopic (exact) mass is 257 g/mol. The van der Waals surface area contributed by atoms with Gasteiger partial charge in [0.2, 0.25) is 0 Å². The van der Waals surface area contributed by atoms with E-state index in [9.17, 15) is 0 Å². The summed E-state index contributed by atoms with van der Waals surface area (Å²) in [6.45, 7) is 4.33. The van der Waals surface area contributed by atoms with Gasteiger partial charge in [0.05, 0.1) is 11.6 Å². The smallest absolute Gasteiger partial charge is 0.0994 e. The second kappa shape index (κ2) is 9.62. The molecule has 0 fully saturated rings. The van der Waals surface area contributed by atoms with Gasteiger partial charge in [-0.25, -0.2) is 0 Å². The van der Waals surface area contributed by atoms with Gasteiger partial charge in [0.15, 0.2) is 0 Å². The van der Waals surface area contributed by atoms with Gasteiger partial charge in [0.1, 0.15) is 0 Å². The minimum Gasteiger partial charge on any atom is -0.192 e. The molecule has 0 atom stereocenters. The Bertz CT molecular complexity index is 401. The molecule has 0 aliphatic rings. The third-order valence-electron chi connectivity index (χ3n) is 3.87. The van der Waals surface area contributed by atoms with E-state index in [1.165, 1.54) is 62.5 Å². The quantitative estimate of drug-likeness (QED) is 0.532. The van der Waals surface area contributed by atoms with Crippen LogP contribution in [0.5, 0.6) is 0 Å². The molecule has 0 bridgehead atoms. The van der Waals surface area contributed by atoms with Crippen molar-refractivity contribution in [2.24, 2.45) is 0 Å². The van der Waals surface area contributed by atoms with E-state index in [0.717, 1.165) is 12.0 Å². The van der Waals surface area contributed by atoms with Crippen molar-refractivity contribution in [1.29, 1.82) is 5.26 Å². The average Bonchev–Trinajstić information content (AvgIpc) is 2.43. The van der Waals surface area contributed by atoms with E-state index < -0.39 is 0 Å². The Morgan fingerprint density at radius 2 is 1.58 bits per heavy atom. The Kier molecular flexibility index (Phi) is 7.98. The summed E-state index contributed by atoms with van der Waals surface area (Å²) in [4.78, 5) is 0. The van der Waals surface area contributed by atoms with Crippen LogP contribution in [0.1, 0.15) is 75.0 Å². The fourth-order valence-electron chi connectivity index (χ4n) is 2.52. The molecule has 1 heteroatoms. The highest BCUT2D eigenvalue weighted by atomic mass is 14.2. The Morgan fingerprint density at radius 3 is 2.21 bits per heavy atom. The van der Waals surface area contributed by atoms with Crippen LogP contribution in [-0.2, 0) is 6.42 Å². The number of nitrogens with zero attached hydrogens (tertiary/aromatic N) is 1.